The third kappa shape index (κ3) is 3.02. The van der Waals surface area contributed by atoms with Crippen LogP contribution in [0.3, 0.4) is 0 Å². The zero-order valence-corrected chi connectivity index (χ0v) is 11.7. The van der Waals surface area contributed by atoms with Gasteiger partial charge in [-0.05, 0) is 38.6 Å². The van der Waals surface area contributed by atoms with Gasteiger partial charge >= 0.3 is 0 Å². The molecule has 0 heterocycles. The van der Waals surface area contributed by atoms with Crippen molar-refractivity contribution in [1.82, 2.24) is 4.90 Å². The Morgan fingerprint density at radius 2 is 1.94 bits per heavy atom. The molecule has 0 fully saturated rings. The molecule has 3 nitrogen and oxygen atoms in total. The lowest BCUT2D eigenvalue weighted by molar-refractivity contribution is 0.168. The topological polar surface area (TPSA) is 47.3 Å². The molecular weight excluding hydrogens is 224 g/mol. The molecule has 0 bridgehead atoms. The number of hydrogen-bond acceptors (Lipinski definition) is 3. The predicted octanol–water partition coefficient (Wildman–Crippen LogP) is 2.87. The van der Waals surface area contributed by atoms with Crippen LogP contribution >= 0.6 is 0 Å². The molecule has 1 unspecified atom stereocenters. The van der Waals surface area contributed by atoms with E-state index in [-0.39, 0.29) is 5.75 Å². The number of nitrogens with zero attached hydrogens (tertiary/aromatic N) is 2. The summed E-state index contributed by atoms with van der Waals surface area (Å²) < 4.78 is 0. The molecule has 1 atom stereocenters. The van der Waals surface area contributed by atoms with Crippen LogP contribution in [0.2, 0.25) is 0 Å². The van der Waals surface area contributed by atoms with E-state index in [9.17, 15) is 10.4 Å². The zero-order chi connectivity index (χ0) is 13.8. The van der Waals surface area contributed by atoms with Crippen molar-refractivity contribution >= 4 is 0 Å². The first-order valence-corrected chi connectivity index (χ1v) is 6.41. The second-order valence-corrected chi connectivity index (χ2v) is 4.87. The summed E-state index contributed by atoms with van der Waals surface area (Å²) in [5.41, 5.74) is 1.36. The number of phenols is 1. The highest BCUT2D eigenvalue weighted by atomic mass is 16.3. The summed E-state index contributed by atoms with van der Waals surface area (Å²) in [4.78, 5) is 2.12. The molecular formula is C15H22N2O. The highest BCUT2D eigenvalue weighted by molar-refractivity contribution is 5.38. The van der Waals surface area contributed by atoms with Crippen LogP contribution in [0.1, 0.15) is 31.9 Å². The molecule has 1 rings (SSSR count). The van der Waals surface area contributed by atoms with Gasteiger partial charge in [-0.15, -0.1) is 0 Å². The van der Waals surface area contributed by atoms with Crippen molar-refractivity contribution in [3.05, 3.63) is 29.3 Å². The van der Waals surface area contributed by atoms with Crippen molar-refractivity contribution in [2.75, 3.05) is 13.1 Å². The number of phenolic OH excluding ortho intramolecular Hbond substituents is 1. The smallest absolute Gasteiger partial charge is 0.118 e. The maximum Gasteiger partial charge on any atom is 0.118 e. The Hall–Kier alpha value is -1.53. The van der Waals surface area contributed by atoms with Crippen LogP contribution < -0.4 is 0 Å². The Morgan fingerprint density at radius 1 is 1.33 bits per heavy atom. The minimum absolute atomic E-state index is 0.272. The molecule has 0 radical (unpaired) electrons. The SMILES string of the molecule is CCN(CC)C(C)(C#N)Cc1cc(C)ccc1O. The van der Waals surface area contributed by atoms with E-state index in [0.717, 1.165) is 24.2 Å². The van der Waals surface area contributed by atoms with Crippen molar-refractivity contribution in [2.24, 2.45) is 0 Å². The van der Waals surface area contributed by atoms with E-state index in [1.54, 1.807) is 6.07 Å². The molecule has 98 valence electrons. The van der Waals surface area contributed by atoms with Crippen LogP contribution in [0.4, 0.5) is 0 Å². The fraction of sp³-hybridized carbons (Fsp3) is 0.533. The second kappa shape index (κ2) is 5.88. The number of rotatable bonds is 5. The molecule has 18 heavy (non-hydrogen) atoms. The maximum absolute atomic E-state index is 9.89. The van der Waals surface area contributed by atoms with Gasteiger partial charge in [0.25, 0.3) is 0 Å². The van der Waals surface area contributed by atoms with E-state index in [1.165, 1.54) is 0 Å². The lowest BCUT2D eigenvalue weighted by Crippen LogP contribution is -2.46. The first-order valence-electron chi connectivity index (χ1n) is 6.41. The average molecular weight is 246 g/mol. The van der Waals surface area contributed by atoms with Gasteiger partial charge in [-0.25, -0.2) is 0 Å². The van der Waals surface area contributed by atoms with Gasteiger partial charge < -0.3 is 5.11 Å². The summed E-state index contributed by atoms with van der Waals surface area (Å²) in [5.74, 6) is 0.272. The fourth-order valence-corrected chi connectivity index (χ4v) is 2.37. The monoisotopic (exact) mass is 246 g/mol. The van der Waals surface area contributed by atoms with Crippen LogP contribution in [0.5, 0.6) is 5.75 Å². The Labute approximate surface area is 110 Å². The third-order valence-corrected chi connectivity index (χ3v) is 3.47. The second-order valence-electron chi connectivity index (χ2n) is 4.87. The minimum Gasteiger partial charge on any atom is -0.508 e. The Balaban J connectivity index is 3.06. The van der Waals surface area contributed by atoms with Crippen molar-refractivity contribution in [3.63, 3.8) is 0 Å². The van der Waals surface area contributed by atoms with Crippen LogP contribution in [0, 0.1) is 18.3 Å². The highest BCUT2D eigenvalue weighted by Gasteiger charge is 2.31. The normalized spacial score (nSPS) is 14.2. The molecule has 0 saturated heterocycles. The third-order valence-electron chi connectivity index (χ3n) is 3.47. The number of benzene rings is 1. The molecule has 0 aliphatic heterocycles. The lowest BCUT2D eigenvalue weighted by Gasteiger charge is -2.34. The molecule has 0 amide bonds. The molecule has 3 heteroatoms. The standard InChI is InChI=1S/C15H22N2O/c1-5-17(6-2)15(4,11-16)10-13-9-12(3)7-8-14(13)18/h7-9,18H,5-6,10H2,1-4H3. The quantitative estimate of drug-likeness (QED) is 0.869. The molecule has 0 spiro atoms. The average Bonchev–Trinajstić information content (AvgIpc) is 2.35. The van der Waals surface area contributed by atoms with Crippen molar-refractivity contribution in [2.45, 2.75) is 39.7 Å². The number of aromatic hydroxyl groups is 1. The Morgan fingerprint density at radius 3 is 2.44 bits per heavy atom. The maximum atomic E-state index is 9.89. The molecule has 0 aliphatic rings. The number of likely N-dealkylation sites (N-methyl/N-ethyl adjacent to an activating group) is 1. The number of nitriles is 1. The number of aryl methyl sites for hydroxylation is 1. The van der Waals surface area contributed by atoms with Gasteiger partial charge in [0, 0.05) is 6.42 Å². The summed E-state index contributed by atoms with van der Waals surface area (Å²) in [6.45, 7) is 9.68. The highest BCUT2D eigenvalue weighted by Crippen LogP contribution is 2.26. The number of hydrogen-bond donors (Lipinski definition) is 1. The van der Waals surface area contributed by atoms with Crippen LogP contribution in [-0.2, 0) is 6.42 Å². The Bertz CT molecular complexity index is 446. The van der Waals surface area contributed by atoms with E-state index >= 15 is 0 Å². The van der Waals surface area contributed by atoms with Gasteiger partial charge in [-0.1, -0.05) is 31.5 Å². The molecule has 0 saturated carbocycles. The van der Waals surface area contributed by atoms with Gasteiger partial charge in [0.15, 0.2) is 0 Å². The Kier molecular flexibility index (Phi) is 4.75. The lowest BCUT2D eigenvalue weighted by atomic mass is 9.91. The van der Waals surface area contributed by atoms with Gasteiger partial charge in [-0.3, -0.25) is 4.90 Å². The van der Waals surface area contributed by atoms with E-state index in [1.807, 2.05) is 26.0 Å². The van der Waals surface area contributed by atoms with Gasteiger partial charge in [-0.2, -0.15) is 5.26 Å². The summed E-state index contributed by atoms with van der Waals surface area (Å²) >= 11 is 0. The molecule has 1 aromatic carbocycles. The molecule has 1 aromatic rings. The minimum atomic E-state index is -0.575. The van der Waals surface area contributed by atoms with E-state index in [4.69, 9.17) is 0 Å². The van der Waals surface area contributed by atoms with E-state index in [0.29, 0.717) is 6.42 Å². The van der Waals surface area contributed by atoms with E-state index < -0.39 is 5.54 Å². The molecule has 1 N–H and O–H groups in total. The van der Waals surface area contributed by atoms with Crippen LogP contribution in [0.25, 0.3) is 0 Å². The van der Waals surface area contributed by atoms with Gasteiger partial charge in [0.2, 0.25) is 0 Å². The molecule has 0 aromatic heterocycles. The largest absolute Gasteiger partial charge is 0.508 e. The predicted molar refractivity (Wildman–Crippen MR) is 73.5 cm³/mol. The zero-order valence-electron chi connectivity index (χ0n) is 11.7. The van der Waals surface area contributed by atoms with Crippen LogP contribution in [-0.4, -0.2) is 28.6 Å². The summed E-state index contributed by atoms with van der Waals surface area (Å²) in [6, 6.07) is 7.92. The summed E-state index contributed by atoms with van der Waals surface area (Å²) in [6.07, 6.45) is 0.540. The van der Waals surface area contributed by atoms with Gasteiger partial charge in [0.05, 0.1) is 6.07 Å². The van der Waals surface area contributed by atoms with Crippen molar-refractivity contribution in [3.8, 4) is 11.8 Å². The van der Waals surface area contributed by atoms with Gasteiger partial charge in [0.1, 0.15) is 11.3 Å². The van der Waals surface area contributed by atoms with Crippen LogP contribution in [0.15, 0.2) is 18.2 Å². The fourth-order valence-electron chi connectivity index (χ4n) is 2.37. The summed E-state index contributed by atoms with van der Waals surface area (Å²) in [5, 5.41) is 19.4. The summed E-state index contributed by atoms with van der Waals surface area (Å²) in [7, 11) is 0. The van der Waals surface area contributed by atoms with E-state index in [2.05, 4.69) is 24.8 Å². The first kappa shape index (κ1) is 14.5. The first-order chi connectivity index (χ1) is 8.46. The van der Waals surface area contributed by atoms with Crippen molar-refractivity contribution < 1.29 is 5.11 Å². The molecule has 0 aliphatic carbocycles. The van der Waals surface area contributed by atoms with Crippen molar-refractivity contribution in [1.29, 1.82) is 5.26 Å².